The van der Waals surface area contributed by atoms with E-state index < -0.39 is 0 Å². The molecule has 0 aliphatic rings. The van der Waals surface area contributed by atoms with Crippen molar-refractivity contribution in [3.05, 3.63) is 47.7 Å². The smallest absolute Gasteiger partial charge is 0.254 e. The van der Waals surface area contributed by atoms with E-state index in [0.29, 0.717) is 23.6 Å². The molecule has 5 nitrogen and oxygen atoms in total. The van der Waals surface area contributed by atoms with Gasteiger partial charge in [-0.05, 0) is 39.0 Å². The van der Waals surface area contributed by atoms with E-state index in [2.05, 4.69) is 10.3 Å². The Kier molecular flexibility index (Phi) is 4.40. The number of rotatable bonds is 5. The van der Waals surface area contributed by atoms with Crippen LogP contribution in [0.25, 0.3) is 0 Å². The van der Waals surface area contributed by atoms with Gasteiger partial charge in [0.1, 0.15) is 23.4 Å². The van der Waals surface area contributed by atoms with Crippen LogP contribution in [0.5, 0.6) is 5.75 Å². The quantitative estimate of drug-likeness (QED) is 0.909. The molecule has 1 amide bonds. The van der Waals surface area contributed by atoms with Crippen molar-refractivity contribution in [3.8, 4) is 5.75 Å². The van der Waals surface area contributed by atoms with Crippen molar-refractivity contribution >= 4 is 5.91 Å². The Bertz CT molecular complexity index is 578. The van der Waals surface area contributed by atoms with Crippen LogP contribution in [0.15, 0.2) is 35.0 Å². The van der Waals surface area contributed by atoms with Gasteiger partial charge in [0.05, 0.1) is 18.3 Å². The Morgan fingerprint density at radius 3 is 2.90 bits per heavy atom. The minimum atomic E-state index is -0.152. The zero-order chi connectivity index (χ0) is 14.5. The van der Waals surface area contributed by atoms with Gasteiger partial charge in [-0.2, -0.15) is 0 Å². The summed E-state index contributed by atoms with van der Waals surface area (Å²) in [6.45, 7) is 5.90. The highest BCUT2D eigenvalue weighted by atomic mass is 16.5. The number of aromatic nitrogens is 1. The molecule has 2 rings (SSSR count). The van der Waals surface area contributed by atoms with E-state index in [1.165, 1.54) is 0 Å². The van der Waals surface area contributed by atoms with Crippen molar-refractivity contribution in [1.29, 1.82) is 0 Å². The van der Waals surface area contributed by atoms with Crippen LogP contribution in [-0.4, -0.2) is 23.5 Å². The first-order valence-electron chi connectivity index (χ1n) is 6.48. The largest absolute Gasteiger partial charge is 0.487 e. The number of furan rings is 1. The van der Waals surface area contributed by atoms with E-state index in [1.54, 1.807) is 31.5 Å². The Labute approximate surface area is 118 Å². The lowest BCUT2D eigenvalue weighted by molar-refractivity contribution is 0.0930. The molecule has 0 aliphatic heterocycles. The number of hydrogen-bond donors (Lipinski definition) is 1. The average Bonchev–Trinajstić information content (AvgIpc) is 2.76. The number of hydrogen-bond acceptors (Lipinski definition) is 4. The van der Waals surface area contributed by atoms with Gasteiger partial charge in [-0.3, -0.25) is 9.78 Å². The van der Waals surface area contributed by atoms with Crippen molar-refractivity contribution in [3.63, 3.8) is 0 Å². The molecule has 0 aliphatic carbocycles. The molecule has 2 aromatic heterocycles. The second kappa shape index (κ2) is 6.23. The predicted octanol–water partition coefficient (Wildman–Crippen LogP) is 2.49. The molecule has 0 fully saturated rings. The number of nitrogens with zero attached hydrogens (tertiary/aromatic N) is 1. The van der Waals surface area contributed by atoms with E-state index in [4.69, 9.17) is 9.15 Å². The third kappa shape index (κ3) is 3.60. The average molecular weight is 274 g/mol. The third-order valence-electron chi connectivity index (χ3n) is 2.81. The molecular weight excluding hydrogens is 256 g/mol. The van der Waals surface area contributed by atoms with Crippen LogP contribution in [0.1, 0.15) is 28.8 Å². The van der Waals surface area contributed by atoms with Crippen molar-refractivity contribution in [2.75, 3.05) is 6.54 Å². The van der Waals surface area contributed by atoms with Crippen molar-refractivity contribution in [2.45, 2.75) is 26.9 Å². The molecule has 106 valence electrons. The SMILES string of the molecule is Cc1cc(C(=O)NCC(C)Oc2cccnc2)c(C)o1. The molecule has 1 N–H and O–H groups in total. The predicted molar refractivity (Wildman–Crippen MR) is 74.8 cm³/mol. The fourth-order valence-electron chi connectivity index (χ4n) is 1.88. The van der Waals surface area contributed by atoms with Gasteiger partial charge in [-0.1, -0.05) is 0 Å². The number of carbonyl (C=O) groups excluding carboxylic acids is 1. The van der Waals surface area contributed by atoms with E-state index in [9.17, 15) is 4.79 Å². The Balaban J connectivity index is 1.86. The summed E-state index contributed by atoms with van der Waals surface area (Å²) in [5.41, 5.74) is 0.566. The maximum Gasteiger partial charge on any atom is 0.254 e. The zero-order valence-corrected chi connectivity index (χ0v) is 11.8. The molecule has 0 saturated carbocycles. The van der Waals surface area contributed by atoms with Crippen LogP contribution in [0.3, 0.4) is 0 Å². The monoisotopic (exact) mass is 274 g/mol. The third-order valence-corrected chi connectivity index (χ3v) is 2.81. The highest BCUT2D eigenvalue weighted by Crippen LogP contribution is 2.13. The first-order valence-corrected chi connectivity index (χ1v) is 6.48. The number of pyridine rings is 1. The molecule has 20 heavy (non-hydrogen) atoms. The summed E-state index contributed by atoms with van der Waals surface area (Å²) in [6.07, 6.45) is 3.18. The van der Waals surface area contributed by atoms with E-state index in [0.717, 1.165) is 5.76 Å². The van der Waals surface area contributed by atoms with Gasteiger partial charge in [-0.25, -0.2) is 0 Å². The normalized spacial score (nSPS) is 11.9. The molecule has 1 unspecified atom stereocenters. The number of ether oxygens (including phenoxy) is 1. The van der Waals surface area contributed by atoms with Crippen molar-refractivity contribution < 1.29 is 13.9 Å². The lowest BCUT2D eigenvalue weighted by atomic mass is 10.2. The van der Waals surface area contributed by atoms with Crippen LogP contribution >= 0.6 is 0 Å². The molecule has 1 atom stereocenters. The molecule has 5 heteroatoms. The summed E-state index contributed by atoms with van der Waals surface area (Å²) in [7, 11) is 0. The maximum atomic E-state index is 12.0. The number of carbonyl (C=O) groups is 1. The van der Waals surface area contributed by atoms with Gasteiger partial charge in [0.15, 0.2) is 0 Å². The molecular formula is C15H18N2O3. The molecule has 2 aromatic rings. The van der Waals surface area contributed by atoms with Crippen LogP contribution in [0.2, 0.25) is 0 Å². The molecule has 0 spiro atoms. The summed E-state index contributed by atoms with van der Waals surface area (Å²) in [5, 5.41) is 2.83. The minimum absolute atomic E-state index is 0.142. The van der Waals surface area contributed by atoms with E-state index in [1.807, 2.05) is 19.9 Å². The highest BCUT2D eigenvalue weighted by molar-refractivity contribution is 5.95. The van der Waals surface area contributed by atoms with Crippen molar-refractivity contribution in [1.82, 2.24) is 10.3 Å². The summed E-state index contributed by atoms with van der Waals surface area (Å²) in [4.78, 5) is 16.0. The molecule has 0 bridgehead atoms. The van der Waals surface area contributed by atoms with E-state index in [-0.39, 0.29) is 12.0 Å². The molecule has 0 radical (unpaired) electrons. The Morgan fingerprint density at radius 2 is 2.30 bits per heavy atom. The Hall–Kier alpha value is -2.30. The lowest BCUT2D eigenvalue weighted by Gasteiger charge is -2.14. The van der Waals surface area contributed by atoms with Gasteiger partial charge in [0.25, 0.3) is 5.91 Å². The minimum Gasteiger partial charge on any atom is -0.487 e. The fraction of sp³-hybridized carbons (Fsp3) is 0.333. The standard InChI is InChI=1S/C15H18N2O3/c1-10-7-14(12(3)19-10)15(18)17-8-11(2)20-13-5-4-6-16-9-13/h4-7,9,11H,8H2,1-3H3,(H,17,18). The van der Waals surface area contributed by atoms with Gasteiger partial charge in [0.2, 0.25) is 0 Å². The molecule has 0 aromatic carbocycles. The van der Waals surface area contributed by atoms with Gasteiger partial charge < -0.3 is 14.5 Å². The highest BCUT2D eigenvalue weighted by Gasteiger charge is 2.14. The van der Waals surface area contributed by atoms with Crippen molar-refractivity contribution in [2.24, 2.45) is 0 Å². The van der Waals surface area contributed by atoms with Gasteiger partial charge >= 0.3 is 0 Å². The second-order valence-electron chi connectivity index (χ2n) is 4.65. The van der Waals surface area contributed by atoms with Gasteiger partial charge in [0, 0.05) is 6.20 Å². The zero-order valence-electron chi connectivity index (χ0n) is 11.8. The van der Waals surface area contributed by atoms with Crippen LogP contribution in [0.4, 0.5) is 0 Å². The molecule has 2 heterocycles. The number of nitrogens with one attached hydrogen (secondary N) is 1. The van der Waals surface area contributed by atoms with Gasteiger partial charge in [-0.15, -0.1) is 0 Å². The van der Waals surface area contributed by atoms with Crippen LogP contribution in [-0.2, 0) is 0 Å². The van der Waals surface area contributed by atoms with Crippen LogP contribution < -0.4 is 10.1 Å². The fourth-order valence-corrected chi connectivity index (χ4v) is 1.88. The number of aryl methyl sites for hydroxylation is 2. The summed E-state index contributed by atoms with van der Waals surface area (Å²) in [5.74, 6) is 1.89. The topological polar surface area (TPSA) is 64.4 Å². The second-order valence-corrected chi connectivity index (χ2v) is 4.65. The first kappa shape index (κ1) is 14.1. The maximum absolute atomic E-state index is 12.0. The Morgan fingerprint density at radius 1 is 1.50 bits per heavy atom. The summed E-state index contributed by atoms with van der Waals surface area (Å²) >= 11 is 0. The lowest BCUT2D eigenvalue weighted by Crippen LogP contribution is -2.33. The molecule has 0 saturated heterocycles. The summed E-state index contributed by atoms with van der Waals surface area (Å²) < 4.78 is 11.0. The summed E-state index contributed by atoms with van der Waals surface area (Å²) in [6, 6.07) is 5.37. The van der Waals surface area contributed by atoms with E-state index >= 15 is 0 Å². The first-order chi connectivity index (χ1) is 9.56. The number of amides is 1. The van der Waals surface area contributed by atoms with Crippen LogP contribution in [0, 0.1) is 13.8 Å².